The minimum absolute atomic E-state index is 0.0114. The molecule has 0 fully saturated rings. The van der Waals surface area contributed by atoms with E-state index in [4.69, 9.17) is 4.43 Å². The molecule has 94 valence electrons. The first-order chi connectivity index (χ1) is 7.69. The standard InChI is InChI=1S/C13H19FO2Si/c1-13(2,3)17(4,5)16-12-8-6-7-11(14)10(12)9-15/h6-9H,1-5H3. The van der Waals surface area contributed by atoms with Crippen LogP contribution in [0, 0.1) is 5.82 Å². The first kappa shape index (κ1) is 13.9. The third kappa shape index (κ3) is 2.94. The Morgan fingerprint density at radius 1 is 1.29 bits per heavy atom. The summed E-state index contributed by atoms with van der Waals surface area (Å²) in [7, 11) is -2.04. The van der Waals surface area contributed by atoms with Crippen molar-refractivity contribution < 1.29 is 13.6 Å². The predicted molar refractivity (Wildman–Crippen MR) is 69.6 cm³/mol. The van der Waals surface area contributed by atoms with Crippen molar-refractivity contribution in [3.63, 3.8) is 0 Å². The Morgan fingerprint density at radius 3 is 2.35 bits per heavy atom. The molecule has 0 amide bonds. The molecule has 17 heavy (non-hydrogen) atoms. The molecule has 1 aromatic rings. The van der Waals surface area contributed by atoms with Gasteiger partial charge in [-0.05, 0) is 30.3 Å². The van der Waals surface area contributed by atoms with E-state index in [2.05, 4.69) is 33.9 Å². The Labute approximate surface area is 103 Å². The highest BCUT2D eigenvalue weighted by molar-refractivity contribution is 6.74. The van der Waals surface area contributed by atoms with Crippen LogP contribution < -0.4 is 4.43 Å². The number of carbonyl (C=O) groups excluding carboxylic acids is 1. The third-order valence-electron chi connectivity index (χ3n) is 3.30. The SMILES string of the molecule is CC(C)(C)[Si](C)(C)Oc1cccc(F)c1C=O. The molecule has 0 bridgehead atoms. The van der Waals surface area contributed by atoms with Crippen LogP contribution in [-0.4, -0.2) is 14.6 Å². The average Bonchev–Trinajstić information content (AvgIpc) is 2.15. The Morgan fingerprint density at radius 2 is 1.88 bits per heavy atom. The number of carbonyl (C=O) groups is 1. The van der Waals surface area contributed by atoms with Gasteiger partial charge in [-0.15, -0.1) is 0 Å². The monoisotopic (exact) mass is 254 g/mol. The zero-order valence-corrected chi connectivity index (χ0v) is 12.0. The van der Waals surface area contributed by atoms with Gasteiger partial charge in [0.15, 0.2) is 6.29 Å². The largest absolute Gasteiger partial charge is 0.543 e. The highest BCUT2D eigenvalue weighted by Gasteiger charge is 2.39. The van der Waals surface area contributed by atoms with Crippen molar-refractivity contribution in [2.24, 2.45) is 0 Å². The van der Waals surface area contributed by atoms with Crippen LogP contribution in [0.1, 0.15) is 31.1 Å². The molecule has 0 aliphatic rings. The van der Waals surface area contributed by atoms with Gasteiger partial charge in [0.05, 0.1) is 5.56 Å². The molecule has 0 unspecified atom stereocenters. The van der Waals surface area contributed by atoms with Crippen LogP contribution in [-0.2, 0) is 0 Å². The molecule has 0 radical (unpaired) electrons. The number of aldehydes is 1. The molecule has 0 heterocycles. The predicted octanol–water partition coefficient (Wildman–Crippen LogP) is 4.02. The molecule has 0 N–H and O–H groups in total. The lowest BCUT2D eigenvalue weighted by molar-refractivity contribution is 0.111. The lowest BCUT2D eigenvalue weighted by Gasteiger charge is -2.36. The minimum Gasteiger partial charge on any atom is -0.543 e. The number of hydrogen-bond donors (Lipinski definition) is 0. The lowest BCUT2D eigenvalue weighted by Crippen LogP contribution is -2.44. The van der Waals surface area contributed by atoms with Gasteiger partial charge in [-0.2, -0.15) is 0 Å². The third-order valence-corrected chi connectivity index (χ3v) is 7.64. The maximum atomic E-state index is 13.4. The second kappa shape index (κ2) is 4.60. The van der Waals surface area contributed by atoms with E-state index in [1.54, 1.807) is 12.1 Å². The Hall–Kier alpha value is -1.16. The molecule has 0 spiro atoms. The van der Waals surface area contributed by atoms with E-state index < -0.39 is 14.1 Å². The fraction of sp³-hybridized carbons (Fsp3) is 0.462. The minimum atomic E-state index is -2.04. The molecule has 1 aromatic carbocycles. The van der Waals surface area contributed by atoms with Crippen LogP contribution in [0.3, 0.4) is 0 Å². The van der Waals surface area contributed by atoms with Crippen molar-refractivity contribution in [2.45, 2.75) is 38.9 Å². The highest BCUT2D eigenvalue weighted by Crippen LogP contribution is 2.38. The summed E-state index contributed by atoms with van der Waals surface area (Å²) in [5.41, 5.74) is 0.0114. The van der Waals surface area contributed by atoms with Gasteiger partial charge in [-0.1, -0.05) is 26.8 Å². The number of halogens is 1. The molecule has 0 saturated heterocycles. The van der Waals surface area contributed by atoms with Gasteiger partial charge in [0.1, 0.15) is 11.6 Å². The molecule has 0 aromatic heterocycles. The van der Waals surface area contributed by atoms with Gasteiger partial charge < -0.3 is 4.43 Å². The molecule has 0 saturated carbocycles. The van der Waals surface area contributed by atoms with Crippen LogP contribution in [0.5, 0.6) is 5.75 Å². The summed E-state index contributed by atoms with van der Waals surface area (Å²) in [5.74, 6) is -0.178. The summed E-state index contributed by atoms with van der Waals surface area (Å²) >= 11 is 0. The van der Waals surface area contributed by atoms with Crippen LogP contribution in [0.25, 0.3) is 0 Å². The second-order valence-electron chi connectivity index (χ2n) is 5.63. The van der Waals surface area contributed by atoms with Gasteiger partial charge in [0.2, 0.25) is 0 Å². The van der Waals surface area contributed by atoms with Gasteiger partial charge in [-0.3, -0.25) is 4.79 Å². The first-order valence-corrected chi connectivity index (χ1v) is 8.52. The second-order valence-corrected chi connectivity index (χ2v) is 10.4. The Bertz CT molecular complexity index is 422. The van der Waals surface area contributed by atoms with Crippen molar-refractivity contribution in [1.29, 1.82) is 0 Å². The lowest BCUT2D eigenvalue weighted by atomic mass is 10.2. The molecule has 0 aliphatic heterocycles. The van der Waals surface area contributed by atoms with E-state index in [1.807, 2.05) is 0 Å². The molecular formula is C13H19FO2Si. The maximum Gasteiger partial charge on any atom is 0.250 e. The summed E-state index contributed by atoms with van der Waals surface area (Å²) in [6, 6.07) is 4.47. The topological polar surface area (TPSA) is 26.3 Å². The van der Waals surface area contributed by atoms with Crippen LogP contribution in [0.4, 0.5) is 4.39 Å². The smallest absolute Gasteiger partial charge is 0.250 e. The quantitative estimate of drug-likeness (QED) is 0.601. The average molecular weight is 254 g/mol. The van der Waals surface area contributed by atoms with E-state index in [9.17, 15) is 9.18 Å². The normalized spacial score (nSPS) is 12.4. The zero-order valence-electron chi connectivity index (χ0n) is 11.0. The molecule has 1 rings (SSSR count). The number of benzene rings is 1. The van der Waals surface area contributed by atoms with Crippen LogP contribution in [0.15, 0.2) is 18.2 Å². The highest BCUT2D eigenvalue weighted by atomic mass is 28.4. The molecular weight excluding hydrogens is 235 g/mol. The molecule has 4 heteroatoms. The number of hydrogen-bond acceptors (Lipinski definition) is 2. The summed E-state index contributed by atoms with van der Waals surface area (Å²) in [6.45, 7) is 10.4. The summed E-state index contributed by atoms with van der Waals surface area (Å²) in [4.78, 5) is 10.9. The van der Waals surface area contributed by atoms with Crippen molar-refractivity contribution in [3.8, 4) is 5.75 Å². The van der Waals surface area contributed by atoms with Gasteiger partial charge in [0.25, 0.3) is 8.32 Å². The Balaban J connectivity index is 3.12. The van der Waals surface area contributed by atoms with E-state index in [1.165, 1.54) is 6.07 Å². The first-order valence-electron chi connectivity index (χ1n) is 5.62. The van der Waals surface area contributed by atoms with Gasteiger partial charge in [-0.25, -0.2) is 4.39 Å². The van der Waals surface area contributed by atoms with Gasteiger partial charge >= 0.3 is 0 Å². The molecule has 0 atom stereocenters. The van der Waals surface area contributed by atoms with Crippen molar-refractivity contribution in [1.82, 2.24) is 0 Å². The van der Waals surface area contributed by atoms with E-state index in [0.29, 0.717) is 12.0 Å². The summed E-state index contributed by atoms with van der Waals surface area (Å²) in [6.07, 6.45) is 0.512. The summed E-state index contributed by atoms with van der Waals surface area (Å²) in [5, 5.41) is 0.0134. The number of rotatable bonds is 3. The zero-order chi connectivity index (χ0) is 13.3. The maximum absolute atomic E-state index is 13.4. The molecule has 2 nitrogen and oxygen atoms in total. The van der Waals surface area contributed by atoms with Gasteiger partial charge in [0, 0.05) is 0 Å². The van der Waals surface area contributed by atoms with Crippen molar-refractivity contribution in [3.05, 3.63) is 29.6 Å². The van der Waals surface area contributed by atoms with E-state index >= 15 is 0 Å². The fourth-order valence-corrected chi connectivity index (χ4v) is 2.18. The molecule has 0 aliphatic carbocycles. The fourth-order valence-electron chi connectivity index (χ4n) is 1.15. The van der Waals surface area contributed by atoms with E-state index in [0.717, 1.165) is 0 Å². The van der Waals surface area contributed by atoms with Crippen LogP contribution in [0.2, 0.25) is 18.1 Å². The Kier molecular flexibility index (Phi) is 3.77. The van der Waals surface area contributed by atoms with Crippen molar-refractivity contribution in [2.75, 3.05) is 0 Å². The van der Waals surface area contributed by atoms with E-state index in [-0.39, 0.29) is 10.6 Å². The van der Waals surface area contributed by atoms with Crippen molar-refractivity contribution >= 4 is 14.6 Å². The summed E-state index contributed by atoms with van der Waals surface area (Å²) < 4.78 is 19.4. The van der Waals surface area contributed by atoms with Crippen LogP contribution >= 0.6 is 0 Å².